The number of rotatable bonds is 9. The van der Waals surface area contributed by atoms with Gasteiger partial charge >= 0.3 is 0 Å². The molecule has 2 nitrogen and oxygen atoms in total. The molecule has 1 aromatic rings. The molecular weight excluding hydrogens is 260 g/mol. The van der Waals surface area contributed by atoms with E-state index in [-0.39, 0.29) is 5.60 Å². The second kappa shape index (κ2) is 9.22. The summed E-state index contributed by atoms with van der Waals surface area (Å²) in [5.41, 5.74) is 1.07. The molecular formula is C19H30O2. The zero-order chi connectivity index (χ0) is 14.8. The van der Waals surface area contributed by atoms with Crippen LogP contribution in [-0.2, 0) is 15.1 Å². The van der Waals surface area contributed by atoms with E-state index in [9.17, 15) is 0 Å². The van der Waals surface area contributed by atoms with E-state index in [1.807, 2.05) is 0 Å². The van der Waals surface area contributed by atoms with Crippen LogP contribution in [-0.4, -0.2) is 19.8 Å². The van der Waals surface area contributed by atoms with Gasteiger partial charge in [0.05, 0.1) is 19.8 Å². The predicted octanol–water partition coefficient (Wildman–Crippen LogP) is 5.07. The predicted molar refractivity (Wildman–Crippen MR) is 87.5 cm³/mol. The summed E-state index contributed by atoms with van der Waals surface area (Å²) in [4.78, 5) is 0. The summed E-state index contributed by atoms with van der Waals surface area (Å²) >= 11 is 0. The standard InChI is InChI=1S/C19H30O2/c1-2-3-4-5-6-7-11-14-19(17-20-15-16-21-19)18-12-9-8-10-13-18/h8-10,12-13H,2-7,11,14-17H2,1H3. The van der Waals surface area contributed by atoms with Crippen molar-refractivity contribution in [2.24, 2.45) is 0 Å². The van der Waals surface area contributed by atoms with Crippen molar-refractivity contribution in [3.8, 4) is 0 Å². The number of hydrogen-bond donors (Lipinski definition) is 0. The van der Waals surface area contributed by atoms with Crippen molar-refractivity contribution in [3.63, 3.8) is 0 Å². The maximum absolute atomic E-state index is 6.17. The second-order valence-electron chi connectivity index (χ2n) is 6.13. The Bertz CT molecular complexity index is 368. The zero-order valence-electron chi connectivity index (χ0n) is 13.5. The van der Waals surface area contributed by atoms with Crippen molar-refractivity contribution in [1.82, 2.24) is 0 Å². The van der Waals surface area contributed by atoms with E-state index in [1.165, 1.54) is 50.5 Å². The number of benzene rings is 1. The summed E-state index contributed by atoms with van der Waals surface area (Å²) in [6, 6.07) is 10.6. The van der Waals surface area contributed by atoms with Gasteiger partial charge in [-0.3, -0.25) is 0 Å². The Kier molecular flexibility index (Phi) is 7.25. The maximum Gasteiger partial charge on any atom is 0.116 e. The first kappa shape index (κ1) is 16.5. The Morgan fingerprint density at radius 1 is 0.905 bits per heavy atom. The van der Waals surface area contributed by atoms with Crippen molar-refractivity contribution in [3.05, 3.63) is 35.9 Å². The molecule has 1 fully saturated rings. The third kappa shape index (κ3) is 5.12. The molecule has 0 amide bonds. The highest BCUT2D eigenvalue weighted by Gasteiger charge is 2.35. The molecule has 1 aliphatic heterocycles. The van der Waals surface area contributed by atoms with Gasteiger partial charge in [-0.1, -0.05) is 82.2 Å². The Hall–Kier alpha value is -0.860. The highest BCUT2D eigenvalue weighted by Crippen LogP contribution is 2.34. The number of hydrogen-bond acceptors (Lipinski definition) is 2. The van der Waals surface area contributed by atoms with E-state index in [1.54, 1.807) is 0 Å². The molecule has 1 aliphatic rings. The normalized spacial score (nSPS) is 22.3. The molecule has 2 rings (SSSR count). The van der Waals surface area contributed by atoms with Crippen LogP contribution < -0.4 is 0 Å². The monoisotopic (exact) mass is 290 g/mol. The lowest BCUT2D eigenvalue weighted by Crippen LogP contribution is -2.40. The average Bonchev–Trinajstić information content (AvgIpc) is 2.56. The van der Waals surface area contributed by atoms with Gasteiger partial charge in [-0.25, -0.2) is 0 Å². The first-order chi connectivity index (χ1) is 10.4. The zero-order valence-corrected chi connectivity index (χ0v) is 13.5. The van der Waals surface area contributed by atoms with Gasteiger partial charge in [-0.05, 0) is 12.0 Å². The van der Waals surface area contributed by atoms with Crippen LogP contribution in [0.2, 0.25) is 0 Å². The van der Waals surface area contributed by atoms with E-state index in [0.29, 0.717) is 13.2 Å². The van der Waals surface area contributed by atoms with E-state index >= 15 is 0 Å². The Balaban J connectivity index is 1.81. The van der Waals surface area contributed by atoms with Crippen LogP contribution in [0.25, 0.3) is 0 Å². The fourth-order valence-electron chi connectivity index (χ4n) is 3.14. The van der Waals surface area contributed by atoms with Crippen molar-refractivity contribution in [2.45, 2.75) is 63.9 Å². The van der Waals surface area contributed by atoms with Crippen LogP contribution in [0.15, 0.2) is 30.3 Å². The molecule has 1 saturated heterocycles. The van der Waals surface area contributed by atoms with Gasteiger partial charge in [-0.15, -0.1) is 0 Å². The third-order valence-electron chi connectivity index (χ3n) is 4.43. The SMILES string of the molecule is CCCCCCCCCC1(c2ccccc2)COCCO1. The Morgan fingerprint density at radius 2 is 1.62 bits per heavy atom. The first-order valence-electron chi connectivity index (χ1n) is 8.65. The van der Waals surface area contributed by atoms with Gasteiger partial charge in [0.1, 0.15) is 5.60 Å². The topological polar surface area (TPSA) is 18.5 Å². The molecule has 21 heavy (non-hydrogen) atoms. The van der Waals surface area contributed by atoms with E-state index < -0.39 is 0 Å². The molecule has 1 heterocycles. The Labute approximate surface area is 129 Å². The molecule has 0 N–H and O–H groups in total. The molecule has 1 unspecified atom stereocenters. The second-order valence-corrected chi connectivity index (χ2v) is 6.13. The lowest BCUT2D eigenvalue weighted by atomic mass is 9.88. The quantitative estimate of drug-likeness (QED) is 0.591. The minimum absolute atomic E-state index is 0.205. The van der Waals surface area contributed by atoms with Gasteiger partial charge < -0.3 is 9.47 Å². The third-order valence-corrected chi connectivity index (χ3v) is 4.43. The number of unbranched alkanes of at least 4 members (excludes halogenated alkanes) is 6. The highest BCUT2D eigenvalue weighted by molar-refractivity contribution is 5.23. The van der Waals surface area contributed by atoms with Crippen LogP contribution >= 0.6 is 0 Å². The smallest absolute Gasteiger partial charge is 0.116 e. The van der Waals surface area contributed by atoms with Crippen molar-refractivity contribution < 1.29 is 9.47 Å². The molecule has 2 heteroatoms. The van der Waals surface area contributed by atoms with Crippen LogP contribution in [0.4, 0.5) is 0 Å². The van der Waals surface area contributed by atoms with Gasteiger partial charge in [-0.2, -0.15) is 0 Å². The highest BCUT2D eigenvalue weighted by atomic mass is 16.6. The summed E-state index contributed by atoms with van der Waals surface area (Å²) in [6.07, 6.45) is 10.4. The van der Waals surface area contributed by atoms with E-state index in [4.69, 9.17) is 9.47 Å². The minimum Gasteiger partial charge on any atom is -0.376 e. The molecule has 0 aromatic heterocycles. The summed E-state index contributed by atoms with van der Waals surface area (Å²) in [5, 5.41) is 0. The molecule has 0 bridgehead atoms. The van der Waals surface area contributed by atoms with Crippen LogP contribution in [0, 0.1) is 0 Å². The van der Waals surface area contributed by atoms with Crippen molar-refractivity contribution >= 4 is 0 Å². The van der Waals surface area contributed by atoms with Crippen molar-refractivity contribution in [2.75, 3.05) is 19.8 Å². The molecule has 118 valence electrons. The number of ether oxygens (including phenoxy) is 2. The lowest BCUT2D eigenvalue weighted by molar-refractivity contribution is -0.167. The summed E-state index contributed by atoms with van der Waals surface area (Å²) in [6.45, 7) is 4.41. The lowest BCUT2D eigenvalue weighted by Gasteiger charge is -2.37. The fourth-order valence-corrected chi connectivity index (χ4v) is 3.14. The van der Waals surface area contributed by atoms with Gasteiger partial charge in [0.2, 0.25) is 0 Å². The average molecular weight is 290 g/mol. The first-order valence-corrected chi connectivity index (χ1v) is 8.65. The van der Waals surface area contributed by atoms with Gasteiger partial charge in [0.25, 0.3) is 0 Å². The van der Waals surface area contributed by atoms with Gasteiger partial charge in [0.15, 0.2) is 0 Å². The minimum atomic E-state index is -0.205. The molecule has 0 saturated carbocycles. The molecule has 1 aromatic carbocycles. The maximum atomic E-state index is 6.17. The summed E-state index contributed by atoms with van der Waals surface area (Å²) in [7, 11) is 0. The largest absolute Gasteiger partial charge is 0.376 e. The molecule has 0 spiro atoms. The molecule has 1 atom stereocenters. The van der Waals surface area contributed by atoms with Crippen LogP contribution in [0.5, 0.6) is 0 Å². The van der Waals surface area contributed by atoms with E-state index in [2.05, 4.69) is 37.3 Å². The van der Waals surface area contributed by atoms with Crippen LogP contribution in [0.3, 0.4) is 0 Å². The summed E-state index contributed by atoms with van der Waals surface area (Å²) < 4.78 is 11.9. The van der Waals surface area contributed by atoms with Gasteiger partial charge in [0, 0.05) is 0 Å². The summed E-state index contributed by atoms with van der Waals surface area (Å²) in [5.74, 6) is 0. The molecule has 0 radical (unpaired) electrons. The van der Waals surface area contributed by atoms with Crippen LogP contribution in [0.1, 0.15) is 63.9 Å². The molecule has 0 aliphatic carbocycles. The Morgan fingerprint density at radius 3 is 2.29 bits per heavy atom. The van der Waals surface area contributed by atoms with Crippen molar-refractivity contribution in [1.29, 1.82) is 0 Å². The fraction of sp³-hybridized carbons (Fsp3) is 0.684. The van der Waals surface area contributed by atoms with E-state index in [0.717, 1.165) is 13.0 Å².